The van der Waals surface area contributed by atoms with E-state index in [1.807, 2.05) is 4.90 Å². The van der Waals surface area contributed by atoms with Gasteiger partial charge in [-0.05, 0) is 25.7 Å². The van der Waals surface area contributed by atoms with Crippen molar-refractivity contribution in [3.05, 3.63) is 0 Å². The molecule has 0 radical (unpaired) electrons. The molecule has 0 unspecified atom stereocenters. The smallest absolute Gasteiger partial charge is 0.225 e. The molecule has 1 saturated carbocycles. The molecule has 84 valence electrons. The van der Waals surface area contributed by atoms with Crippen molar-refractivity contribution in [1.29, 1.82) is 0 Å². The maximum atomic E-state index is 11.7. The van der Waals surface area contributed by atoms with E-state index >= 15 is 0 Å². The zero-order chi connectivity index (χ0) is 10.8. The molecule has 0 bridgehead atoms. The van der Waals surface area contributed by atoms with Crippen molar-refractivity contribution in [3.8, 4) is 0 Å². The minimum Gasteiger partial charge on any atom is -0.359 e. The van der Waals surface area contributed by atoms with Gasteiger partial charge in [-0.25, -0.2) is 0 Å². The molecule has 15 heavy (non-hydrogen) atoms. The van der Waals surface area contributed by atoms with Crippen LogP contribution in [0.5, 0.6) is 0 Å². The zero-order valence-corrected chi connectivity index (χ0v) is 9.16. The highest BCUT2D eigenvalue weighted by Crippen LogP contribution is 2.32. The third-order valence-corrected chi connectivity index (χ3v) is 3.35. The van der Waals surface area contributed by atoms with E-state index < -0.39 is 0 Å². The van der Waals surface area contributed by atoms with Crippen LogP contribution in [0.1, 0.15) is 25.7 Å². The largest absolute Gasteiger partial charge is 0.359 e. The van der Waals surface area contributed by atoms with Gasteiger partial charge in [0.05, 0.1) is 0 Å². The topological polar surface area (TPSA) is 49.4 Å². The molecule has 1 heterocycles. The second-order valence-corrected chi connectivity index (χ2v) is 4.49. The lowest BCUT2D eigenvalue weighted by atomic mass is 9.96. The van der Waals surface area contributed by atoms with Crippen LogP contribution in [0, 0.1) is 11.8 Å². The van der Waals surface area contributed by atoms with Gasteiger partial charge in [0.25, 0.3) is 0 Å². The number of piperidine rings is 1. The normalized spacial score (nSPS) is 22.6. The van der Waals surface area contributed by atoms with E-state index in [0.717, 1.165) is 38.8 Å². The van der Waals surface area contributed by atoms with Crippen LogP contribution >= 0.6 is 0 Å². The lowest BCUT2D eigenvalue weighted by molar-refractivity contribution is -0.136. The fourth-order valence-corrected chi connectivity index (χ4v) is 2.15. The summed E-state index contributed by atoms with van der Waals surface area (Å²) in [4.78, 5) is 25.0. The van der Waals surface area contributed by atoms with Crippen molar-refractivity contribution in [2.75, 3.05) is 20.1 Å². The highest BCUT2D eigenvalue weighted by molar-refractivity contribution is 5.82. The first kappa shape index (κ1) is 10.5. The summed E-state index contributed by atoms with van der Waals surface area (Å²) in [6, 6.07) is 0. The average molecular weight is 210 g/mol. The van der Waals surface area contributed by atoms with E-state index in [1.54, 1.807) is 7.05 Å². The van der Waals surface area contributed by atoms with Crippen LogP contribution in [-0.2, 0) is 9.59 Å². The Morgan fingerprint density at radius 2 is 1.67 bits per heavy atom. The van der Waals surface area contributed by atoms with Gasteiger partial charge in [0, 0.05) is 32.0 Å². The van der Waals surface area contributed by atoms with E-state index in [0.29, 0.717) is 11.8 Å². The van der Waals surface area contributed by atoms with Crippen LogP contribution in [0.15, 0.2) is 0 Å². The molecule has 0 spiro atoms. The summed E-state index contributed by atoms with van der Waals surface area (Å²) < 4.78 is 0. The lowest BCUT2D eigenvalue weighted by Gasteiger charge is -2.31. The first-order chi connectivity index (χ1) is 7.22. The quantitative estimate of drug-likeness (QED) is 0.716. The highest BCUT2D eigenvalue weighted by Gasteiger charge is 2.35. The third-order valence-electron chi connectivity index (χ3n) is 3.35. The number of nitrogens with one attached hydrogen (secondary N) is 1. The maximum Gasteiger partial charge on any atom is 0.225 e. The Kier molecular flexibility index (Phi) is 2.93. The molecule has 1 aliphatic carbocycles. The predicted molar refractivity (Wildman–Crippen MR) is 56.1 cm³/mol. The monoisotopic (exact) mass is 210 g/mol. The molecule has 0 aromatic rings. The molecular weight excluding hydrogens is 192 g/mol. The van der Waals surface area contributed by atoms with Gasteiger partial charge in [-0.15, -0.1) is 0 Å². The maximum absolute atomic E-state index is 11.7. The molecule has 2 aliphatic rings. The predicted octanol–water partition coefficient (Wildman–Crippen LogP) is 0.381. The summed E-state index contributed by atoms with van der Waals surface area (Å²) >= 11 is 0. The summed E-state index contributed by atoms with van der Waals surface area (Å²) in [5, 5.41) is 2.67. The zero-order valence-electron chi connectivity index (χ0n) is 9.16. The Morgan fingerprint density at radius 3 is 2.13 bits per heavy atom. The molecule has 4 heteroatoms. The molecule has 1 aliphatic heterocycles. The summed E-state index contributed by atoms with van der Waals surface area (Å²) in [5.74, 6) is 0.846. The van der Waals surface area contributed by atoms with Gasteiger partial charge in [0.1, 0.15) is 0 Å². The van der Waals surface area contributed by atoms with Gasteiger partial charge >= 0.3 is 0 Å². The number of carbonyl (C=O) groups excluding carboxylic acids is 2. The van der Waals surface area contributed by atoms with E-state index in [-0.39, 0.29) is 11.8 Å². The highest BCUT2D eigenvalue weighted by atomic mass is 16.2. The average Bonchev–Trinajstić information content (AvgIpc) is 3.11. The molecule has 1 saturated heterocycles. The Morgan fingerprint density at radius 1 is 1.07 bits per heavy atom. The molecule has 0 aromatic carbocycles. The van der Waals surface area contributed by atoms with Crippen LogP contribution in [0.2, 0.25) is 0 Å². The van der Waals surface area contributed by atoms with E-state index in [4.69, 9.17) is 0 Å². The first-order valence-corrected chi connectivity index (χ1v) is 5.72. The van der Waals surface area contributed by atoms with Crippen LogP contribution < -0.4 is 5.32 Å². The minimum absolute atomic E-state index is 0.109. The van der Waals surface area contributed by atoms with Crippen LogP contribution in [0.25, 0.3) is 0 Å². The van der Waals surface area contributed by atoms with E-state index in [1.165, 1.54) is 0 Å². The Balaban J connectivity index is 1.81. The van der Waals surface area contributed by atoms with Gasteiger partial charge in [-0.2, -0.15) is 0 Å². The van der Waals surface area contributed by atoms with Crippen molar-refractivity contribution >= 4 is 11.8 Å². The lowest BCUT2D eigenvalue weighted by Crippen LogP contribution is -2.42. The number of nitrogens with zero attached hydrogens (tertiary/aromatic N) is 1. The molecule has 2 rings (SSSR count). The van der Waals surface area contributed by atoms with Gasteiger partial charge in [0.2, 0.25) is 11.8 Å². The van der Waals surface area contributed by atoms with Crippen LogP contribution in [0.4, 0.5) is 0 Å². The number of hydrogen-bond donors (Lipinski definition) is 1. The summed E-state index contributed by atoms with van der Waals surface area (Å²) in [7, 11) is 1.67. The van der Waals surface area contributed by atoms with Gasteiger partial charge in [-0.1, -0.05) is 0 Å². The molecule has 0 aromatic heterocycles. The second-order valence-electron chi connectivity index (χ2n) is 4.49. The fourth-order valence-electron chi connectivity index (χ4n) is 2.15. The van der Waals surface area contributed by atoms with Gasteiger partial charge in [-0.3, -0.25) is 9.59 Å². The SMILES string of the molecule is CNC(=O)C1CCN(C(=O)C2CC2)CC1. The van der Waals surface area contributed by atoms with Crippen LogP contribution in [-0.4, -0.2) is 36.9 Å². The number of rotatable bonds is 2. The summed E-state index contributed by atoms with van der Waals surface area (Å²) in [6.45, 7) is 1.51. The number of carbonyl (C=O) groups is 2. The molecule has 4 nitrogen and oxygen atoms in total. The van der Waals surface area contributed by atoms with Crippen molar-refractivity contribution in [2.24, 2.45) is 11.8 Å². The molecule has 2 fully saturated rings. The fraction of sp³-hybridized carbons (Fsp3) is 0.818. The van der Waals surface area contributed by atoms with Crippen molar-refractivity contribution in [2.45, 2.75) is 25.7 Å². The van der Waals surface area contributed by atoms with E-state index in [9.17, 15) is 9.59 Å². The Bertz CT molecular complexity index is 266. The molecule has 0 atom stereocenters. The van der Waals surface area contributed by atoms with Gasteiger partial charge < -0.3 is 10.2 Å². The first-order valence-electron chi connectivity index (χ1n) is 5.72. The number of amides is 2. The van der Waals surface area contributed by atoms with E-state index in [2.05, 4.69) is 5.32 Å². The molecule has 1 N–H and O–H groups in total. The van der Waals surface area contributed by atoms with Crippen molar-refractivity contribution in [3.63, 3.8) is 0 Å². The third kappa shape index (κ3) is 2.30. The molecule has 2 amide bonds. The number of hydrogen-bond acceptors (Lipinski definition) is 2. The van der Waals surface area contributed by atoms with Crippen molar-refractivity contribution < 1.29 is 9.59 Å². The summed E-state index contributed by atoms with van der Waals surface area (Å²) in [6.07, 6.45) is 3.76. The van der Waals surface area contributed by atoms with Crippen LogP contribution in [0.3, 0.4) is 0 Å². The number of likely N-dealkylation sites (tertiary alicyclic amines) is 1. The summed E-state index contributed by atoms with van der Waals surface area (Å²) in [5.41, 5.74) is 0. The minimum atomic E-state index is 0.109. The Hall–Kier alpha value is -1.06. The molecular formula is C11H18N2O2. The van der Waals surface area contributed by atoms with Gasteiger partial charge in [0.15, 0.2) is 0 Å². The van der Waals surface area contributed by atoms with Crippen molar-refractivity contribution in [1.82, 2.24) is 10.2 Å². The standard InChI is InChI=1S/C11H18N2O2/c1-12-10(14)8-4-6-13(7-5-8)11(15)9-2-3-9/h8-9H,2-7H2,1H3,(H,12,14). The second kappa shape index (κ2) is 4.21. The Labute approximate surface area is 90.0 Å².